The number of hydrogen-bond donors (Lipinski definition) is 2. The van der Waals surface area contributed by atoms with Crippen molar-refractivity contribution in [3.05, 3.63) is 40.1 Å². The number of aliphatic hydroxyl groups is 1. The van der Waals surface area contributed by atoms with Crippen LogP contribution in [-0.4, -0.2) is 63.7 Å². The highest BCUT2D eigenvalue weighted by molar-refractivity contribution is 7.89. The molecule has 0 amide bonds. The maximum atomic E-state index is 13.4. The minimum Gasteiger partial charge on any atom is -0.493 e. The summed E-state index contributed by atoms with van der Waals surface area (Å²) in [6.45, 7) is 9.72. The van der Waals surface area contributed by atoms with Crippen molar-refractivity contribution in [3.8, 4) is 17.1 Å². The van der Waals surface area contributed by atoms with Crippen LogP contribution in [0, 0.1) is 12.8 Å². The van der Waals surface area contributed by atoms with E-state index in [1.54, 1.807) is 13.0 Å². The van der Waals surface area contributed by atoms with Crippen molar-refractivity contribution >= 4 is 15.5 Å². The molecule has 11 heteroatoms. The fourth-order valence-corrected chi connectivity index (χ4v) is 5.48. The van der Waals surface area contributed by atoms with Crippen LogP contribution in [0.3, 0.4) is 0 Å². The Morgan fingerprint density at radius 2 is 2.00 bits per heavy atom. The lowest BCUT2D eigenvalue weighted by Crippen LogP contribution is -2.36. The molecular formula is C23H33N5O5S. The summed E-state index contributed by atoms with van der Waals surface area (Å²) in [6.07, 6.45) is 1.47. The van der Waals surface area contributed by atoms with E-state index in [1.807, 2.05) is 27.7 Å². The second kappa shape index (κ2) is 10.7. The standard InChI is InChI=1S/C23H33N5O5S/c1-6-8-20-24-16(5)21-23(30)25-22(26-28(20)21)18-13-17(9-10-19(18)33-7-2)34(31,32)27(11-12-29)14-15(3)4/h9-10,13,15,29H,6-8,11-12,14H2,1-5H3,(H,25,26,30). The third-order valence-electron chi connectivity index (χ3n) is 5.28. The quantitative estimate of drug-likeness (QED) is 0.421. The number of sulfonamides is 1. The first-order chi connectivity index (χ1) is 16.1. The topological polar surface area (TPSA) is 130 Å². The summed E-state index contributed by atoms with van der Waals surface area (Å²) in [6, 6.07) is 4.49. The van der Waals surface area contributed by atoms with Crippen molar-refractivity contribution in [2.45, 2.75) is 52.4 Å². The summed E-state index contributed by atoms with van der Waals surface area (Å²) in [5, 5.41) is 14.0. The monoisotopic (exact) mass is 491 g/mol. The van der Waals surface area contributed by atoms with Crippen LogP contribution in [0.15, 0.2) is 27.9 Å². The van der Waals surface area contributed by atoms with Crippen LogP contribution in [-0.2, 0) is 16.4 Å². The molecule has 0 aliphatic heterocycles. The van der Waals surface area contributed by atoms with E-state index in [0.717, 1.165) is 6.42 Å². The highest BCUT2D eigenvalue weighted by atomic mass is 32.2. The van der Waals surface area contributed by atoms with Gasteiger partial charge in [0.1, 0.15) is 11.6 Å². The molecule has 1 aromatic carbocycles. The summed E-state index contributed by atoms with van der Waals surface area (Å²) in [5.74, 6) is 1.32. The number of rotatable bonds is 11. The lowest BCUT2D eigenvalue weighted by molar-refractivity contribution is 0.244. The molecule has 186 valence electrons. The van der Waals surface area contributed by atoms with Gasteiger partial charge in [-0.3, -0.25) is 4.79 Å². The highest BCUT2D eigenvalue weighted by Gasteiger charge is 2.27. The third kappa shape index (κ3) is 5.16. The van der Waals surface area contributed by atoms with Crippen molar-refractivity contribution in [3.63, 3.8) is 0 Å². The first-order valence-corrected chi connectivity index (χ1v) is 12.9. The molecule has 3 rings (SSSR count). The zero-order chi connectivity index (χ0) is 25.0. The number of aromatic nitrogens is 4. The van der Waals surface area contributed by atoms with Gasteiger partial charge in [-0.15, -0.1) is 5.10 Å². The van der Waals surface area contributed by atoms with Gasteiger partial charge < -0.3 is 14.8 Å². The SMILES string of the molecule is CCCc1nc(C)c2c(=O)[nH]c(-c3cc(S(=O)(=O)N(CCO)CC(C)C)ccc3OCC)nn12. The molecule has 0 bridgehead atoms. The van der Waals surface area contributed by atoms with E-state index < -0.39 is 10.0 Å². The molecule has 0 atom stereocenters. The molecule has 34 heavy (non-hydrogen) atoms. The van der Waals surface area contributed by atoms with Crippen molar-refractivity contribution in [1.29, 1.82) is 0 Å². The number of H-pyrrole nitrogens is 1. The second-order valence-electron chi connectivity index (χ2n) is 8.50. The van der Waals surface area contributed by atoms with Crippen LogP contribution < -0.4 is 10.3 Å². The van der Waals surface area contributed by atoms with E-state index in [2.05, 4.69) is 15.1 Å². The van der Waals surface area contributed by atoms with Gasteiger partial charge in [0.05, 0.1) is 29.4 Å². The Hall–Kier alpha value is -2.76. The van der Waals surface area contributed by atoms with Crippen molar-refractivity contribution in [2.24, 2.45) is 5.92 Å². The number of nitrogens with zero attached hydrogens (tertiary/aromatic N) is 4. The Morgan fingerprint density at radius 3 is 2.62 bits per heavy atom. The Morgan fingerprint density at radius 1 is 1.26 bits per heavy atom. The minimum absolute atomic E-state index is 0.0151. The summed E-state index contributed by atoms with van der Waals surface area (Å²) < 4.78 is 35.3. The molecule has 0 aliphatic rings. The average molecular weight is 492 g/mol. The zero-order valence-electron chi connectivity index (χ0n) is 20.3. The van der Waals surface area contributed by atoms with Gasteiger partial charge in [0, 0.05) is 19.5 Å². The lowest BCUT2D eigenvalue weighted by Gasteiger charge is -2.23. The van der Waals surface area contributed by atoms with Crippen molar-refractivity contribution in [1.82, 2.24) is 23.9 Å². The van der Waals surface area contributed by atoms with Gasteiger partial charge in [0.2, 0.25) is 10.0 Å². The van der Waals surface area contributed by atoms with Crippen LogP contribution >= 0.6 is 0 Å². The average Bonchev–Trinajstić information content (AvgIpc) is 3.09. The number of aromatic amines is 1. The van der Waals surface area contributed by atoms with E-state index in [-0.39, 0.29) is 41.9 Å². The van der Waals surface area contributed by atoms with E-state index in [0.29, 0.717) is 41.4 Å². The number of aliphatic hydroxyl groups excluding tert-OH is 1. The predicted molar refractivity (Wildman–Crippen MR) is 130 cm³/mol. The molecule has 0 unspecified atom stereocenters. The number of imidazole rings is 1. The van der Waals surface area contributed by atoms with E-state index >= 15 is 0 Å². The van der Waals surface area contributed by atoms with Gasteiger partial charge in [-0.25, -0.2) is 17.9 Å². The minimum atomic E-state index is -3.91. The van der Waals surface area contributed by atoms with Gasteiger partial charge in [-0.1, -0.05) is 20.8 Å². The van der Waals surface area contributed by atoms with Gasteiger partial charge in [0.25, 0.3) is 5.56 Å². The van der Waals surface area contributed by atoms with Crippen LogP contribution in [0.5, 0.6) is 5.75 Å². The maximum absolute atomic E-state index is 13.4. The lowest BCUT2D eigenvalue weighted by atomic mass is 10.2. The Kier molecular flexibility index (Phi) is 8.11. The summed E-state index contributed by atoms with van der Waals surface area (Å²) >= 11 is 0. The zero-order valence-corrected chi connectivity index (χ0v) is 21.1. The number of hydrogen-bond acceptors (Lipinski definition) is 7. The number of benzene rings is 1. The van der Waals surface area contributed by atoms with Crippen LogP contribution in [0.25, 0.3) is 16.9 Å². The van der Waals surface area contributed by atoms with Crippen LogP contribution in [0.2, 0.25) is 0 Å². The summed E-state index contributed by atoms with van der Waals surface area (Å²) in [7, 11) is -3.91. The van der Waals surface area contributed by atoms with Gasteiger partial charge in [-0.05, 0) is 44.4 Å². The van der Waals surface area contributed by atoms with Crippen LogP contribution in [0.4, 0.5) is 0 Å². The molecular weight excluding hydrogens is 458 g/mol. The molecule has 3 aromatic rings. The normalized spacial score (nSPS) is 12.2. The molecule has 0 saturated heterocycles. The first kappa shape index (κ1) is 25.9. The molecule has 10 nitrogen and oxygen atoms in total. The van der Waals surface area contributed by atoms with Crippen molar-refractivity contribution in [2.75, 3.05) is 26.3 Å². The number of aryl methyl sites for hydroxylation is 2. The summed E-state index contributed by atoms with van der Waals surface area (Å²) in [4.78, 5) is 20.2. The number of fused-ring (bicyclic) bond motifs is 1. The molecule has 0 aliphatic carbocycles. The predicted octanol–water partition coefficient (Wildman–Crippen LogP) is 2.38. The molecule has 0 saturated carbocycles. The van der Waals surface area contributed by atoms with Crippen LogP contribution in [0.1, 0.15) is 45.6 Å². The fraction of sp³-hybridized carbons (Fsp3) is 0.522. The third-order valence-corrected chi connectivity index (χ3v) is 7.14. The molecule has 0 spiro atoms. The number of ether oxygens (including phenoxy) is 1. The molecule has 0 fully saturated rings. The maximum Gasteiger partial charge on any atom is 0.277 e. The van der Waals surface area contributed by atoms with Gasteiger partial charge >= 0.3 is 0 Å². The van der Waals surface area contributed by atoms with Gasteiger partial charge in [-0.2, -0.15) is 4.31 Å². The van der Waals surface area contributed by atoms with E-state index in [1.165, 1.54) is 21.0 Å². The largest absolute Gasteiger partial charge is 0.493 e. The second-order valence-corrected chi connectivity index (χ2v) is 10.4. The first-order valence-electron chi connectivity index (χ1n) is 11.5. The fourth-order valence-electron chi connectivity index (χ4n) is 3.86. The Bertz CT molecular complexity index is 1310. The van der Waals surface area contributed by atoms with E-state index in [4.69, 9.17) is 4.74 Å². The Labute approximate surface area is 199 Å². The number of nitrogens with one attached hydrogen (secondary N) is 1. The molecule has 2 heterocycles. The molecule has 2 N–H and O–H groups in total. The summed E-state index contributed by atoms with van der Waals surface area (Å²) in [5.41, 5.74) is 0.928. The molecule has 0 radical (unpaired) electrons. The van der Waals surface area contributed by atoms with E-state index in [9.17, 15) is 18.3 Å². The smallest absolute Gasteiger partial charge is 0.277 e. The highest BCUT2D eigenvalue weighted by Crippen LogP contribution is 2.31. The van der Waals surface area contributed by atoms with Gasteiger partial charge in [0.15, 0.2) is 11.3 Å². The van der Waals surface area contributed by atoms with Crippen molar-refractivity contribution < 1.29 is 18.3 Å². The molecule has 2 aromatic heterocycles. The Balaban J connectivity index is 2.22.